The van der Waals surface area contributed by atoms with Gasteiger partial charge in [0, 0.05) is 11.4 Å². The van der Waals surface area contributed by atoms with Crippen molar-refractivity contribution in [2.24, 2.45) is 10.2 Å². The third-order valence-electron chi connectivity index (χ3n) is 8.84. The maximum atomic E-state index is 4.71. The van der Waals surface area contributed by atoms with E-state index < -0.39 is 8.07 Å². The molecule has 8 heteroatoms. The smallest absolute Gasteiger partial charge is 0.157 e. The van der Waals surface area contributed by atoms with Crippen LogP contribution in [0.15, 0.2) is 58.7 Å². The van der Waals surface area contributed by atoms with Crippen molar-refractivity contribution in [2.75, 3.05) is 4.90 Å². The van der Waals surface area contributed by atoms with Crippen LogP contribution >= 0.6 is 0 Å². The lowest BCUT2D eigenvalue weighted by Gasteiger charge is -2.59. The first-order valence-electron chi connectivity index (χ1n) is 12.6. The maximum Gasteiger partial charge on any atom is 0.157 e. The van der Waals surface area contributed by atoms with Crippen LogP contribution in [0, 0.1) is 0 Å². The van der Waals surface area contributed by atoms with Crippen LogP contribution < -0.4 is 26.1 Å². The standard InChI is InChI=1S/C26H33N7Si/c1-16-27-29-25-26-30-28-17(2)32(26)24-20(31(16)25)12-9-13-21(24)33-18-10-5-7-14-22(18)34(3,4)23-15-8-6-11-19(23)33/h5-8,10-11,14-15,20-21,24-26,29-30H,9,12-13H2,1-4H3. The van der Waals surface area contributed by atoms with Gasteiger partial charge in [0.1, 0.15) is 19.7 Å². The first-order chi connectivity index (χ1) is 16.5. The van der Waals surface area contributed by atoms with E-state index in [4.69, 9.17) is 5.10 Å². The third-order valence-corrected chi connectivity index (χ3v) is 12.4. The fourth-order valence-electron chi connectivity index (χ4n) is 7.40. The van der Waals surface area contributed by atoms with E-state index in [1.165, 1.54) is 30.6 Å². The molecule has 0 radical (unpaired) electrons. The van der Waals surface area contributed by atoms with Crippen molar-refractivity contribution < 1.29 is 0 Å². The van der Waals surface area contributed by atoms with Crippen molar-refractivity contribution >= 4 is 41.5 Å². The highest BCUT2D eigenvalue weighted by molar-refractivity contribution is 7.02. The summed E-state index contributed by atoms with van der Waals surface area (Å²) in [6.45, 7) is 9.31. The number of benzene rings is 2. The summed E-state index contributed by atoms with van der Waals surface area (Å²) in [4.78, 5) is 7.82. The molecule has 4 aliphatic heterocycles. The molecule has 2 aromatic carbocycles. The van der Waals surface area contributed by atoms with Gasteiger partial charge in [-0.15, -0.1) is 0 Å². The number of amidine groups is 2. The highest BCUT2D eigenvalue weighted by Crippen LogP contribution is 2.44. The van der Waals surface area contributed by atoms with Gasteiger partial charge in [0.05, 0.1) is 18.1 Å². The molecule has 7 nitrogen and oxygen atoms in total. The first kappa shape index (κ1) is 20.4. The number of para-hydroxylation sites is 2. The molecule has 176 valence electrons. The van der Waals surface area contributed by atoms with E-state index >= 15 is 0 Å². The van der Waals surface area contributed by atoms with Crippen LogP contribution in [-0.2, 0) is 0 Å². The fraction of sp³-hybridized carbons (Fsp3) is 0.462. The second-order valence-electron chi connectivity index (χ2n) is 10.9. The summed E-state index contributed by atoms with van der Waals surface area (Å²) in [6, 6.07) is 19.5. The summed E-state index contributed by atoms with van der Waals surface area (Å²) in [5.41, 5.74) is 9.65. The second-order valence-corrected chi connectivity index (χ2v) is 15.2. The summed E-state index contributed by atoms with van der Waals surface area (Å²) < 4.78 is 0. The molecule has 1 aliphatic carbocycles. The summed E-state index contributed by atoms with van der Waals surface area (Å²) >= 11 is 0. The summed E-state index contributed by atoms with van der Waals surface area (Å²) in [7, 11) is -1.78. The normalized spacial score (nSPS) is 32.4. The van der Waals surface area contributed by atoms with Gasteiger partial charge in [-0.1, -0.05) is 49.5 Å². The Balaban J connectivity index is 1.41. The lowest BCUT2D eigenvalue weighted by Crippen LogP contribution is -2.76. The zero-order chi connectivity index (χ0) is 23.2. The van der Waals surface area contributed by atoms with Gasteiger partial charge in [0.2, 0.25) is 0 Å². The molecule has 4 heterocycles. The van der Waals surface area contributed by atoms with Gasteiger partial charge in [0.25, 0.3) is 0 Å². The molecule has 7 rings (SSSR count). The lowest BCUT2D eigenvalue weighted by atomic mass is 9.80. The third kappa shape index (κ3) is 2.52. The number of fused-ring (bicyclic) bond motifs is 8. The Hall–Kier alpha value is -3.00. The Morgan fingerprint density at radius 1 is 0.765 bits per heavy atom. The van der Waals surface area contributed by atoms with Crippen LogP contribution in [0.2, 0.25) is 13.1 Å². The van der Waals surface area contributed by atoms with Gasteiger partial charge in [-0.3, -0.25) is 10.9 Å². The first-order valence-corrected chi connectivity index (χ1v) is 15.6. The zero-order valence-corrected chi connectivity index (χ0v) is 21.4. The molecular formula is C26H33N7Si. The van der Waals surface area contributed by atoms with E-state index in [1.807, 2.05) is 0 Å². The van der Waals surface area contributed by atoms with Crippen LogP contribution in [0.3, 0.4) is 0 Å². The van der Waals surface area contributed by atoms with Crippen LogP contribution in [-0.4, -0.2) is 60.0 Å². The topological polar surface area (TPSA) is 58.5 Å². The Morgan fingerprint density at radius 2 is 1.29 bits per heavy atom. The minimum atomic E-state index is -1.78. The molecule has 2 aromatic rings. The SMILES string of the molecule is CC1=NNC2C3NN=C(C)N3C3C(N4c5ccccc5[Si](C)(C)c5ccccc54)CCCC3N12. The van der Waals surface area contributed by atoms with E-state index in [0.29, 0.717) is 18.1 Å². The number of nitrogens with one attached hydrogen (secondary N) is 2. The number of hydrogen-bond donors (Lipinski definition) is 2. The molecule has 0 bridgehead atoms. The van der Waals surface area contributed by atoms with Crippen molar-refractivity contribution in [1.29, 1.82) is 0 Å². The lowest BCUT2D eigenvalue weighted by molar-refractivity contribution is -0.0180. The quantitative estimate of drug-likeness (QED) is 0.626. The molecule has 2 N–H and O–H groups in total. The largest absolute Gasteiger partial charge is 0.336 e. The summed E-state index contributed by atoms with van der Waals surface area (Å²) in [5, 5.41) is 12.5. The predicted octanol–water partition coefficient (Wildman–Crippen LogP) is 2.39. The Morgan fingerprint density at radius 3 is 1.94 bits per heavy atom. The molecule has 2 fully saturated rings. The predicted molar refractivity (Wildman–Crippen MR) is 141 cm³/mol. The number of anilines is 2. The number of hydrazone groups is 2. The second kappa shape index (κ2) is 7.01. The zero-order valence-electron chi connectivity index (χ0n) is 20.4. The van der Waals surface area contributed by atoms with E-state index in [-0.39, 0.29) is 12.3 Å². The van der Waals surface area contributed by atoms with Gasteiger partial charge in [-0.05, 0) is 55.6 Å². The van der Waals surface area contributed by atoms with Crippen molar-refractivity contribution in [3.8, 4) is 0 Å². The highest BCUT2D eigenvalue weighted by atomic mass is 28.3. The molecule has 0 spiro atoms. The molecule has 5 atom stereocenters. The van der Waals surface area contributed by atoms with Crippen LogP contribution in [0.5, 0.6) is 0 Å². The fourth-order valence-corrected chi connectivity index (χ4v) is 10.4. The van der Waals surface area contributed by atoms with Gasteiger partial charge in [0.15, 0.2) is 12.3 Å². The molecule has 5 unspecified atom stereocenters. The van der Waals surface area contributed by atoms with E-state index in [2.05, 4.69) is 106 Å². The van der Waals surface area contributed by atoms with Gasteiger partial charge in [-0.25, -0.2) is 0 Å². The number of piperazine rings is 1. The van der Waals surface area contributed by atoms with E-state index in [1.54, 1.807) is 10.4 Å². The van der Waals surface area contributed by atoms with Crippen molar-refractivity contribution in [3.05, 3.63) is 48.5 Å². The minimum Gasteiger partial charge on any atom is -0.336 e. The van der Waals surface area contributed by atoms with Gasteiger partial charge in [-0.2, -0.15) is 10.2 Å². The number of rotatable bonds is 1. The average molecular weight is 472 g/mol. The molecule has 5 aliphatic rings. The van der Waals surface area contributed by atoms with Crippen LogP contribution in [0.1, 0.15) is 33.1 Å². The molecule has 0 amide bonds. The average Bonchev–Trinajstić information content (AvgIpc) is 3.43. The van der Waals surface area contributed by atoms with E-state index in [0.717, 1.165) is 11.7 Å². The van der Waals surface area contributed by atoms with Gasteiger partial charge >= 0.3 is 0 Å². The summed E-state index contributed by atoms with van der Waals surface area (Å²) in [5.74, 6) is 2.19. The highest BCUT2D eigenvalue weighted by Gasteiger charge is 2.57. The Labute approximate surface area is 202 Å². The molecule has 1 saturated heterocycles. The Bertz CT molecular complexity index is 1170. The maximum absolute atomic E-state index is 4.71. The van der Waals surface area contributed by atoms with Crippen molar-refractivity contribution in [2.45, 2.75) is 76.7 Å². The molecule has 0 aromatic heterocycles. The molecular weight excluding hydrogens is 438 g/mol. The number of nitrogens with zero attached hydrogens (tertiary/aromatic N) is 5. The van der Waals surface area contributed by atoms with E-state index in [9.17, 15) is 0 Å². The van der Waals surface area contributed by atoms with Crippen molar-refractivity contribution in [1.82, 2.24) is 20.7 Å². The summed E-state index contributed by atoms with van der Waals surface area (Å²) in [6.07, 6.45) is 3.77. The monoisotopic (exact) mass is 471 g/mol. The van der Waals surface area contributed by atoms with Gasteiger partial charge < -0.3 is 14.7 Å². The number of hydrogen-bond acceptors (Lipinski definition) is 7. The van der Waals surface area contributed by atoms with Crippen LogP contribution in [0.25, 0.3) is 0 Å². The van der Waals surface area contributed by atoms with Crippen molar-refractivity contribution in [3.63, 3.8) is 0 Å². The molecule has 1 saturated carbocycles. The Kier molecular flexibility index (Phi) is 4.20. The molecule has 34 heavy (non-hydrogen) atoms. The van der Waals surface area contributed by atoms with Crippen LogP contribution in [0.4, 0.5) is 11.4 Å². The minimum absolute atomic E-state index is 0.0872.